The third-order valence-corrected chi connectivity index (χ3v) is 3.85. The van der Waals surface area contributed by atoms with Gasteiger partial charge in [-0.3, -0.25) is 14.4 Å². The fourth-order valence-electron chi connectivity index (χ4n) is 2.34. The standard InChI is InChI=1S/C20H20N4O3/c21-11-15-3-1-14(2-4-15)7-10-19(26)23-12-16-5-8-17(9-6-16)20(27)24-13-18(22)25/h1-6,8-9H,7,10,12-13H2,(H2,22,25)(H,23,26)(H,24,27). The number of nitriles is 1. The number of nitrogens with zero attached hydrogens (tertiary/aromatic N) is 1. The van der Waals surface area contributed by atoms with Crippen molar-refractivity contribution < 1.29 is 14.4 Å². The summed E-state index contributed by atoms with van der Waals surface area (Å²) < 4.78 is 0. The third-order valence-electron chi connectivity index (χ3n) is 3.85. The summed E-state index contributed by atoms with van der Waals surface area (Å²) in [6.45, 7) is 0.144. The largest absolute Gasteiger partial charge is 0.368 e. The number of primary amides is 1. The van der Waals surface area contributed by atoms with Crippen LogP contribution in [0.2, 0.25) is 0 Å². The number of aryl methyl sites for hydroxylation is 1. The zero-order valence-corrected chi connectivity index (χ0v) is 14.7. The molecular formula is C20H20N4O3. The summed E-state index contributed by atoms with van der Waals surface area (Å²) in [5, 5.41) is 14.0. The monoisotopic (exact) mass is 364 g/mol. The molecule has 0 aliphatic rings. The smallest absolute Gasteiger partial charge is 0.251 e. The van der Waals surface area contributed by atoms with Crippen molar-refractivity contribution in [1.82, 2.24) is 10.6 Å². The van der Waals surface area contributed by atoms with Crippen molar-refractivity contribution in [3.05, 3.63) is 70.8 Å². The number of rotatable bonds is 8. The van der Waals surface area contributed by atoms with Crippen molar-refractivity contribution >= 4 is 17.7 Å². The first-order valence-corrected chi connectivity index (χ1v) is 8.39. The van der Waals surface area contributed by atoms with Crippen LogP contribution in [0.4, 0.5) is 0 Å². The van der Waals surface area contributed by atoms with E-state index in [1.165, 1.54) is 0 Å². The van der Waals surface area contributed by atoms with Crippen LogP contribution < -0.4 is 16.4 Å². The van der Waals surface area contributed by atoms with Crippen LogP contribution in [0.1, 0.15) is 33.5 Å². The molecule has 0 aliphatic heterocycles. The maximum atomic E-state index is 12.0. The molecule has 0 unspecified atom stereocenters. The molecule has 0 atom stereocenters. The van der Waals surface area contributed by atoms with Crippen LogP contribution in [0.25, 0.3) is 0 Å². The van der Waals surface area contributed by atoms with Crippen LogP contribution >= 0.6 is 0 Å². The Morgan fingerprint density at radius 3 is 2.15 bits per heavy atom. The van der Waals surface area contributed by atoms with Crippen LogP contribution in [0.5, 0.6) is 0 Å². The molecule has 4 N–H and O–H groups in total. The second-order valence-electron chi connectivity index (χ2n) is 5.93. The summed E-state index contributed by atoms with van der Waals surface area (Å²) in [5.41, 5.74) is 7.83. The van der Waals surface area contributed by atoms with E-state index >= 15 is 0 Å². The molecule has 0 aromatic heterocycles. The highest BCUT2D eigenvalue weighted by molar-refractivity contribution is 5.96. The Morgan fingerprint density at radius 1 is 0.926 bits per heavy atom. The molecule has 7 heteroatoms. The Labute approximate surface area is 157 Å². The number of nitrogens with one attached hydrogen (secondary N) is 2. The minimum Gasteiger partial charge on any atom is -0.368 e. The van der Waals surface area contributed by atoms with Gasteiger partial charge in [0.1, 0.15) is 0 Å². The maximum Gasteiger partial charge on any atom is 0.251 e. The van der Waals surface area contributed by atoms with Gasteiger partial charge >= 0.3 is 0 Å². The Balaban J connectivity index is 1.76. The van der Waals surface area contributed by atoms with Crippen molar-refractivity contribution in [3.8, 4) is 6.07 Å². The van der Waals surface area contributed by atoms with E-state index in [9.17, 15) is 14.4 Å². The van der Waals surface area contributed by atoms with Gasteiger partial charge in [0.25, 0.3) is 5.91 Å². The molecular weight excluding hydrogens is 344 g/mol. The molecule has 0 saturated carbocycles. The topological polar surface area (TPSA) is 125 Å². The molecule has 2 aromatic rings. The molecule has 0 saturated heterocycles. The van der Waals surface area contributed by atoms with Crippen molar-refractivity contribution in [2.75, 3.05) is 6.54 Å². The molecule has 0 heterocycles. The van der Waals surface area contributed by atoms with E-state index in [1.807, 2.05) is 12.1 Å². The lowest BCUT2D eigenvalue weighted by Gasteiger charge is -2.07. The first kappa shape index (κ1) is 19.7. The predicted octanol–water partition coefficient (Wildman–Crippen LogP) is 1.02. The zero-order valence-electron chi connectivity index (χ0n) is 14.7. The van der Waals surface area contributed by atoms with E-state index in [-0.39, 0.29) is 18.4 Å². The highest BCUT2D eigenvalue weighted by Crippen LogP contribution is 2.07. The predicted molar refractivity (Wildman–Crippen MR) is 99.3 cm³/mol. The Morgan fingerprint density at radius 2 is 1.56 bits per heavy atom. The van der Waals surface area contributed by atoms with E-state index < -0.39 is 5.91 Å². The molecule has 7 nitrogen and oxygen atoms in total. The van der Waals surface area contributed by atoms with Crippen molar-refractivity contribution in [2.24, 2.45) is 5.73 Å². The van der Waals surface area contributed by atoms with Crippen molar-refractivity contribution in [3.63, 3.8) is 0 Å². The molecule has 138 valence electrons. The Bertz CT molecular complexity index is 852. The quantitative estimate of drug-likeness (QED) is 0.646. The van der Waals surface area contributed by atoms with Crippen LogP contribution in [0, 0.1) is 11.3 Å². The van der Waals surface area contributed by atoms with Crippen molar-refractivity contribution in [1.29, 1.82) is 5.26 Å². The average Bonchev–Trinajstić information content (AvgIpc) is 2.69. The van der Waals surface area contributed by atoms with Gasteiger partial charge in [0.2, 0.25) is 11.8 Å². The van der Waals surface area contributed by atoms with Gasteiger partial charge in [-0.15, -0.1) is 0 Å². The number of hydrogen-bond donors (Lipinski definition) is 3. The SMILES string of the molecule is N#Cc1ccc(CCC(=O)NCc2ccc(C(=O)NCC(N)=O)cc2)cc1. The van der Waals surface area contributed by atoms with E-state index in [0.29, 0.717) is 30.5 Å². The van der Waals surface area contributed by atoms with Crippen LogP contribution in [0.3, 0.4) is 0 Å². The van der Waals surface area contributed by atoms with Gasteiger partial charge in [-0.1, -0.05) is 24.3 Å². The first-order chi connectivity index (χ1) is 13.0. The van der Waals surface area contributed by atoms with Crippen LogP contribution in [-0.4, -0.2) is 24.3 Å². The molecule has 3 amide bonds. The highest BCUT2D eigenvalue weighted by atomic mass is 16.2. The summed E-state index contributed by atoms with van der Waals surface area (Å²) in [4.78, 5) is 34.4. The molecule has 0 bridgehead atoms. The highest BCUT2D eigenvalue weighted by Gasteiger charge is 2.07. The van der Waals surface area contributed by atoms with Gasteiger partial charge in [0, 0.05) is 18.5 Å². The van der Waals surface area contributed by atoms with Gasteiger partial charge in [-0.25, -0.2) is 0 Å². The van der Waals surface area contributed by atoms with E-state index in [0.717, 1.165) is 11.1 Å². The molecule has 2 aromatic carbocycles. The normalized spacial score (nSPS) is 9.89. The molecule has 0 radical (unpaired) electrons. The van der Waals surface area contributed by atoms with Crippen LogP contribution in [0.15, 0.2) is 48.5 Å². The molecule has 0 aliphatic carbocycles. The third kappa shape index (κ3) is 6.63. The summed E-state index contributed by atoms with van der Waals surface area (Å²) in [6.07, 6.45) is 0.940. The summed E-state index contributed by atoms with van der Waals surface area (Å²) in [7, 11) is 0. The van der Waals surface area contributed by atoms with Gasteiger partial charge in [-0.2, -0.15) is 5.26 Å². The van der Waals surface area contributed by atoms with E-state index in [1.54, 1.807) is 36.4 Å². The maximum absolute atomic E-state index is 12.0. The number of carbonyl (C=O) groups excluding carboxylic acids is 3. The molecule has 0 fully saturated rings. The van der Waals surface area contributed by atoms with Crippen molar-refractivity contribution in [2.45, 2.75) is 19.4 Å². The summed E-state index contributed by atoms with van der Waals surface area (Å²) in [5.74, 6) is -1.07. The first-order valence-electron chi connectivity index (χ1n) is 8.39. The second-order valence-corrected chi connectivity index (χ2v) is 5.93. The fourth-order valence-corrected chi connectivity index (χ4v) is 2.34. The molecule has 27 heavy (non-hydrogen) atoms. The lowest BCUT2D eigenvalue weighted by Crippen LogP contribution is -2.33. The zero-order chi connectivity index (χ0) is 19.6. The Hall–Kier alpha value is -3.66. The van der Waals surface area contributed by atoms with E-state index in [4.69, 9.17) is 11.0 Å². The number of nitrogens with two attached hydrogens (primary N) is 1. The van der Waals surface area contributed by atoms with Gasteiger partial charge in [0.05, 0.1) is 18.2 Å². The minimum absolute atomic E-state index is 0.0809. The van der Waals surface area contributed by atoms with E-state index in [2.05, 4.69) is 16.7 Å². The minimum atomic E-state index is -0.608. The Kier molecular flexibility index (Phi) is 7.08. The molecule has 0 spiro atoms. The van der Waals surface area contributed by atoms with Crippen LogP contribution in [-0.2, 0) is 22.6 Å². The van der Waals surface area contributed by atoms with Gasteiger partial charge < -0.3 is 16.4 Å². The number of carbonyl (C=O) groups is 3. The molecule has 2 rings (SSSR count). The lowest BCUT2D eigenvalue weighted by molar-refractivity contribution is -0.121. The summed E-state index contributed by atoms with van der Waals surface area (Å²) >= 11 is 0. The summed E-state index contributed by atoms with van der Waals surface area (Å²) in [6, 6.07) is 15.9. The number of benzene rings is 2. The second kappa shape index (κ2) is 9.73. The fraction of sp³-hybridized carbons (Fsp3) is 0.200. The van der Waals surface area contributed by atoms with Gasteiger partial charge in [0.15, 0.2) is 0 Å². The number of amides is 3. The average molecular weight is 364 g/mol. The lowest BCUT2D eigenvalue weighted by atomic mass is 10.1. The number of hydrogen-bond acceptors (Lipinski definition) is 4. The van der Waals surface area contributed by atoms with Gasteiger partial charge in [-0.05, 0) is 41.8 Å².